The predicted molar refractivity (Wildman–Crippen MR) is 118 cm³/mol. The maximum atomic E-state index is 12.4. The molecule has 0 atom stereocenters. The molecule has 2 aromatic carbocycles. The van der Waals surface area contributed by atoms with Crippen LogP contribution in [-0.2, 0) is 17.8 Å². The first-order chi connectivity index (χ1) is 14.2. The Bertz CT molecular complexity index is 1130. The minimum Gasteiger partial charge on any atom is -0.323 e. The number of halogens is 1. The van der Waals surface area contributed by atoms with Crippen LogP contribution < -0.4 is 5.32 Å². The largest absolute Gasteiger partial charge is 0.323 e. The molecule has 0 unspecified atom stereocenters. The normalized spacial score (nSPS) is 10.9. The molecule has 0 aliphatic heterocycles. The topological polar surface area (TPSA) is 59.8 Å². The van der Waals surface area contributed by atoms with Gasteiger partial charge in [0.2, 0.25) is 5.91 Å². The molecule has 0 saturated carbocycles. The van der Waals surface area contributed by atoms with Gasteiger partial charge in [0, 0.05) is 12.7 Å². The number of nitrogens with one attached hydrogen (secondary N) is 1. The molecule has 0 aliphatic carbocycles. The maximum absolute atomic E-state index is 12.4. The highest BCUT2D eigenvalue weighted by atomic mass is 35.5. The number of nitrogens with zero attached hydrogens (tertiary/aromatic N) is 3. The van der Waals surface area contributed by atoms with Gasteiger partial charge in [-0.15, -0.1) is 0 Å². The summed E-state index contributed by atoms with van der Waals surface area (Å²) in [6, 6.07) is 21.9. The minimum atomic E-state index is -0.147. The highest BCUT2D eigenvalue weighted by Crippen LogP contribution is 2.25. The number of carbonyl (C=O) groups excluding carboxylic acids is 1. The summed E-state index contributed by atoms with van der Waals surface area (Å²) in [5.74, 6) is 0.0893. The zero-order valence-electron chi connectivity index (χ0n) is 15.6. The highest BCUT2D eigenvalue weighted by Gasteiger charge is 2.14. The minimum absolute atomic E-state index is 0.147. The Balaban J connectivity index is 1.49. The Kier molecular flexibility index (Phi) is 6.12. The Labute approximate surface area is 178 Å². The molecule has 0 aliphatic rings. The molecule has 0 spiro atoms. The van der Waals surface area contributed by atoms with E-state index in [-0.39, 0.29) is 16.8 Å². The zero-order chi connectivity index (χ0) is 20.1. The molecule has 1 N–H and O–H groups in total. The van der Waals surface area contributed by atoms with Gasteiger partial charge in [-0.3, -0.25) is 4.79 Å². The van der Waals surface area contributed by atoms with Crippen molar-refractivity contribution in [3.05, 3.63) is 83.6 Å². The van der Waals surface area contributed by atoms with E-state index < -0.39 is 0 Å². The van der Waals surface area contributed by atoms with E-state index in [1.54, 1.807) is 18.3 Å². The quantitative estimate of drug-likeness (QED) is 0.334. The van der Waals surface area contributed by atoms with E-state index in [0.29, 0.717) is 5.69 Å². The predicted octanol–water partition coefficient (Wildman–Crippen LogP) is 5.06. The molecule has 0 radical (unpaired) electrons. The van der Waals surface area contributed by atoms with Crippen LogP contribution in [0.25, 0.3) is 11.0 Å². The van der Waals surface area contributed by atoms with Crippen LogP contribution in [0, 0.1) is 0 Å². The number of hydrogen-bond acceptors (Lipinski definition) is 4. The first-order valence-corrected chi connectivity index (χ1v) is 10.6. The summed E-state index contributed by atoms with van der Waals surface area (Å²) < 4.78 is 2.18. The number of carbonyl (C=O) groups is 1. The number of fused-ring (bicyclic) bond motifs is 1. The van der Waals surface area contributed by atoms with E-state index >= 15 is 0 Å². The Morgan fingerprint density at radius 2 is 1.83 bits per heavy atom. The van der Waals surface area contributed by atoms with Crippen LogP contribution in [-0.4, -0.2) is 26.2 Å². The second-order valence-corrected chi connectivity index (χ2v) is 7.75. The van der Waals surface area contributed by atoms with Gasteiger partial charge in [-0.05, 0) is 36.2 Å². The Morgan fingerprint density at radius 3 is 2.66 bits per heavy atom. The average Bonchev–Trinajstić information content (AvgIpc) is 3.11. The molecule has 7 heteroatoms. The van der Waals surface area contributed by atoms with Gasteiger partial charge in [-0.1, -0.05) is 65.8 Å². The highest BCUT2D eigenvalue weighted by molar-refractivity contribution is 7.99. The number of benzene rings is 2. The molecule has 0 fully saturated rings. The van der Waals surface area contributed by atoms with Crippen molar-refractivity contribution >= 4 is 46.0 Å². The van der Waals surface area contributed by atoms with E-state index in [4.69, 9.17) is 16.6 Å². The van der Waals surface area contributed by atoms with Crippen LogP contribution in [0.1, 0.15) is 5.56 Å². The monoisotopic (exact) mass is 422 g/mol. The van der Waals surface area contributed by atoms with E-state index in [1.807, 2.05) is 36.4 Å². The summed E-state index contributed by atoms with van der Waals surface area (Å²) in [5, 5.41) is 3.91. The number of anilines is 1. The van der Waals surface area contributed by atoms with E-state index in [1.165, 1.54) is 17.3 Å². The molecule has 0 saturated heterocycles. The van der Waals surface area contributed by atoms with Gasteiger partial charge in [0.15, 0.2) is 10.3 Å². The lowest BCUT2D eigenvalue weighted by Crippen LogP contribution is -2.15. The maximum Gasteiger partial charge on any atom is 0.234 e. The molecule has 2 heterocycles. The fourth-order valence-corrected chi connectivity index (χ4v) is 4.07. The molecule has 146 valence electrons. The number of amides is 1. The van der Waals surface area contributed by atoms with Crippen LogP contribution in [0.3, 0.4) is 0 Å². The summed E-state index contributed by atoms with van der Waals surface area (Å²) in [5.41, 5.74) is 3.78. The van der Waals surface area contributed by atoms with Crippen molar-refractivity contribution in [3.8, 4) is 0 Å². The van der Waals surface area contributed by atoms with Crippen LogP contribution in [0.15, 0.2) is 78.1 Å². The van der Waals surface area contributed by atoms with Crippen molar-refractivity contribution in [2.24, 2.45) is 0 Å². The molecular weight excluding hydrogens is 404 g/mol. The van der Waals surface area contributed by atoms with Gasteiger partial charge < -0.3 is 9.88 Å². The van der Waals surface area contributed by atoms with Crippen molar-refractivity contribution in [2.75, 3.05) is 11.1 Å². The lowest BCUT2D eigenvalue weighted by molar-refractivity contribution is -0.113. The average molecular weight is 423 g/mol. The SMILES string of the molecule is O=C(CSc1nc2ccccc2n1CCc1ccccc1)Nc1cccnc1Cl. The first kappa shape index (κ1) is 19.5. The van der Waals surface area contributed by atoms with Crippen LogP contribution in [0.5, 0.6) is 0 Å². The summed E-state index contributed by atoms with van der Waals surface area (Å²) >= 11 is 7.43. The van der Waals surface area contributed by atoms with Crippen LogP contribution >= 0.6 is 23.4 Å². The van der Waals surface area contributed by atoms with Crippen molar-refractivity contribution in [1.82, 2.24) is 14.5 Å². The molecule has 2 aromatic heterocycles. The van der Waals surface area contributed by atoms with Crippen LogP contribution in [0.2, 0.25) is 5.15 Å². The Hall–Kier alpha value is -2.83. The number of aryl methyl sites for hydroxylation is 2. The van der Waals surface area contributed by atoms with Gasteiger partial charge in [0.05, 0.1) is 22.5 Å². The third kappa shape index (κ3) is 4.78. The lowest BCUT2D eigenvalue weighted by atomic mass is 10.1. The third-order valence-electron chi connectivity index (χ3n) is 4.45. The molecule has 5 nitrogen and oxygen atoms in total. The molecule has 0 bridgehead atoms. The lowest BCUT2D eigenvalue weighted by Gasteiger charge is -2.10. The standard InChI is InChI=1S/C22H19ClN4OS/c23-21-18(10-6-13-24-21)25-20(28)15-29-22-26-17-9-4-5-11-19(17)27(22)14-12-16-7-2-1-3-8-16/h1-11,13H,12,14-15H2,(H,25,28). The van der Waals surface area contributed by atoms with Crippen LogP contribution in [0.4, 0.5) is 5.69 Å². The summed E-state index contributed by atoms with van der Waals surface area (Å²) in [4.78, 5) is 21.1. The molecule has 4 aromatic rings. The van der Waals surface area contributed by atoms with Crippen molar-refractivity contribution in [3.63, 3.8) is 0 Å². The molecular formula is C22H19ClN4OS. The van der Waals surface area contributed by atoms with E-state index in [2.05, 4.69) is 33.1 Å². The summed E-state index contributed by atoms with van der Waals surface area (Å²) in [6.07, 6.45) is 2.48. The summed E-state index contributed by atoms with van der Waals surface area (Å²) in [7, 11) is 0. The second-order valence-electron chi connectivity index (χ2n) is 6.45. The second kappa shape index (κ2) is 9.11. The van der Waals surface area contributed by atoms with E-state index in [9.17, 15) is 4.79 Å². The zero-order valence-corrected chi connectivity index (χ0v) is 17.2. The fraction of sp³-hybridized carbons (Fsp3) is 0.136. The Morgan fingerprint density at radius 1 is 1.03 bits per heavy atom. The fourth-order valence-electron chi connectivity index (χ4n) is 3.06. The summed E-state index contributed by atoms with van der Waals surface area (Å²) in [6.45, 7) is 0.795. The smallest absolute Gasteiger partial charge is 0.234 e. The molecule has 4 rings (SSSR count). The molecule has 1 amide bonds. The number of aromatic nitrogens is 3. The van der Waals surface area contributed by atoms with Crippen molar-refractivity contribution in [2.45, 2.75) is 18.1 Å². The van der Waals surface area contributed by atoms with Gasteiger partial charge >= 0.3 is 0 Å². The first-order valence-electron chi connectivity index (χ1n) is 9.23. The number of hydrogen-bond donors (Lipinski definition) is 1. The van der Waals surface area contributed by atoms with Crippen molar-refractivity contribution < 1.29 is 4.79 Å². The number of rotatable bonds is 7. The van der Waals surface area contributed by atoms with Gasteiger partial charge in [-0.25, -0.2) is 9.97 Å². The van der Waals surface area contributed by atoms with Gasteiger partial charge in [-0.2, -0.15) is 0 Å². The van der Waals surface area contributed by atoms with Crippen molar-refractivity contribution in [1.29, 1.82) is 0 Å². The number of para-hydroxylation sites is 2. The number of imidazole rings is 1. The number of thioether (sulfide) groups is 1. The third-order valence-corrected chi connectivity index (χ3v) is 5.73. The van der Waals surface area contributed by atoms with E-state index in [0.717, 1.165) is 29.2 Å². The van der Waals surface area contributed by atoms with Gasteiger partial charge in [0.1, 0.15) is 0 Å². The number of pyridine rings is 1. The van der Waals surface area contributed by atoms with Gasteiger partial charge in [0.25, 0.3) is 0 Å². The molecule has 29 heavy (non-hydrogen) atoms.